The molecule has 0 bridgehead atoms. The molecule has 0 saturated heterocycles. The molecule has 0 aromatic heterocycles. The molecule has 0 aliphatic heterocycles. The van der Waals surface area contributed by atoms with Gasteiger partial charge in [-0.1, -0.05) is 37.6 Å². The van der Waals surface area contributed by atoms with Crippen LogP contribution < -0.4 is 5.32 Å². The maximum atomic E-state index is 6.05. The van der Waals surface area contributed by atoms with Gasteiger partial charge in [0.15, 0.2) is 0 Å². The lowest BCUT2D eigenvalue weighted by molar-refractivity contribution is 0.306. The third-order valence-electron chi connectivity index (χ3n) is 2.36. The molecule has 2 nitrogen and oxygen atoms in total. The lowest BCUT2D eigenvalue weighted by Gasteiger charge is -2.19. The molecule has 1 N–H and O–H groups in total. The van der Waals surface area contributed by atoms with Crippen LogP contribution in [0.25, 0.3) is 0 Å². The number of rotatable bonds is 6. The van der Waals surface area contributed by atoms with Crippen molar-refractivity contribution in [2.24, 2.45) is 5.92 Å². The second kappa shape index (κ2) is 6.77. The molecule has 1 rings (SSSR count). The van der Waals surface area contributed by atoms with Gasteiger partial charge >= 0.3 is 0 Å². The Labute approximate surface area is 104 Å². The van der Waals surface area contributed by atoms with E-state index in [0.29, 0.717) is 5.92 Å². The molecule has 1 aromatic carbocycles. The molecule has 1 aromatic rings. The molecule has 0 radical (unpaired) electrons. The fourth-order valence-corrected chi connectivity index (χ4v) is 1.90. The van der Waals surface area contributed by atoms with Crippen molar-refractivity contribution >= 4 is 17.3 Å². The summed E-state index contributed by atoms with van der Waals surface area (Å²) in [4.78, 5) is 2.33. The van der Waals surface area contributed by atoms with Crippen LogP contribution in [0, 0.1) is 5.92 Å². The van der Waals surface area contributed by atoms with Crippen LogP contribution in [0.5, 0.6) is 0 Å². The van der Waals surface area contributed by atoms with E-state index < -0.39 is 0 Å². The number of halogens is 1. The Hall–Kier alpha value is -0.730. The smallest absolute Gasteiger partial charge is 0.0637 e. The van der Waals surface area contributed by atoms with Crippen molar-refractivity contribution in [2.75, 3.05) is 32.0 Å². The van der Waals surface area contributed by atoms with Crippen LogP contribution in [0.1, 0.15) is 13.8 Å². The molecular formula is C13H21ClN2. The molecule has 0 atom stereocenters. The van der Waals surface area contributed by atoms with Gasteiger partial charge in [0.05, 0.1) is 10.7 Å². The highest BCUT2D eigenvalue weighted by Gasteiger charge is 2.02. The molecule has 0 fully saturated rings. The average molecular weight is 241 g/mol. The zero-order valence-electron chi connectivity index (χ0n) is 10.3. The Morgan fingerprint density at radius 1 is 1.31 bits per heavy atom. The van der Waals surface area contributed by atoms with Gasteiger partial charge in [0.2, 0.25) is 0 Å². The van der Waals surface area contributed by atoms with Gasteiger partial charge in [-0.15, -0.1) is 0 Å². The van der Waals surface area contributed by atoms with Gasteiger partial charge in [0.1, 0.15) is 0 Å². The second-order valence-corrected chi connectivity index (χ2v) is 4.97. The Kier molecular flexibility index (Phi) is 5.64. The first-order chi connectivity index (χ1) is 7.59. The van der Waals surface area contributed by atoms with Gasteiger partial charge in [0, 0.05) is 19.6 Å². The third-order valence-corrected chi connectivity index (χ3v) is 2.69. The summed E-state index contributed by atoms with van der Waals surface area (Å²) in [6, 6.07) is 7.84. The maximum absolute atomic E-state index is 6.05. The van der Waals surface area contributed by atoms with Gasteiger partial charge in [-0.2, -0.15) is 0 Å². The van der Waals surface area contributed by atoms with E-state index in [0.717, 1.165) is 30.3 Å². The molecular weight excluding hydrogens is 220 g/mol. The van der Waals surface area contributed by atoms with E-state index in [9.17, 15) is 0 Å². The van der Waals surface area contributed by atoms with Crippen molar-refractivity contribution in [3.8, 4) is 0 Å². The fraction of sp³-hybridized carbons (Fsp3) is 0.538. The fourth-order valence-electron chi connectivity index (χ4n) is 1.70. The molecule has 0 aliphatic rings. The minimum absolute atomic E-state index is 0.713. The molecule has 90 valence electrons. The normalized spacial score (nSPS) is 11.1. The van der Waals surface area contributed by atoms with Crippen LogP contribution in [0.4, 0.5) is 5.69 Å². The molecule has 0 aliphatic carbocycles. The maximum Gasteiger partial charge on any atom is 0.0637 e. The summed E-state index contributed by atoms with van der Waals surface area (Å²) in [7, 11) is 2.15. The first-order valence-electron chi connectivity index (χ1n) is 5.76. The van der Waals surface area contributed by atoms with Gasteiger partial charge in [-0.25, -0.2) is 0 Å². The second-order valence-electron chi connectivity index (χ2n) is 4.56. The SMILES string of the molecule is CC(C)CN(C)CCNc1ccccc1Cl. The van der Waals surface area contributed by atoms with E-state index in [1.807, 2.05) is 24.3 Å². The summed E-state index contributed by atoms with van der Waals surface area (Å²) in [5, 5.41) is 4.13. The molecule has 3 heteroatoms. The number of nitrogens with one attached hydrogen (secondary N) is 1. The van der Waals surface area contributed by atoms with E-state index >= 15 is 0 Å². The Morgan fingerprint density at radius 2 is 2.00 bits per heavy atom. The highest BCUT2D eigenvalue weighted by molar-refractivity contribution is 6.33. The number of para-hydroxylation sites is 1. The van der Waals surface area contributed by atoms with Gasteiger partial charge in [-0.05, 0) is 25.1 Å². The van der Waals surface area contributed by atoms with Gasteiger partial charge in [-0.3, -0.25) is 0 Å². The molecule has 0 spiro atoms. The van der Waals surface area contributed by atoms with Crippen LogP contribution in [0.15, 0.2) is 24.3 Å². The van der Waals surface area contributed by atoms with E-state index in [-0.39, 0.29) is 0 Å². The van der Waals surface area contributed by atoms with Crippen LogP contribution in [-0.4, -0.2) is 31.6 Å². The molecule has 0 saturated carbocycles. The summed E-state index contributed by atoms with van der Waals surface area (Å²) in [5.41, 5.74) is 1.02. The number of likely N-dealkylation sites (N-methyl/N-ethyl adjacent to an activating group) is 1. The van der Waals surface area contributed by atoms with E-state index in [1.165, 1.54) is 0 Å². The van der Waals surface area contributed by atoms with Crippen LogP contribution >= 0.6 is 11.6 Å². The number of hydrogen-bond donors (Lipinski definition) is 1. The van der Waals surface area contributed by atoms with Gasteiger partial charge in [0.25, 0.3) is 0 Å². The van der Waals surface area contributed by atoms with Crippen molar-refractivity contribution in [3.63, 3.8) is 0 Å². The van der Waals surface area contributed by atoms with Crippen LogP contribution in [0.2, 0.25) is 5.02 Å². The van der Waals surface area contributed by atoms with Crippen molar-refractivity contribution in [3.05, 3.63) is 29.3 Å². The number of anilines is 1. The Bertz CT molecular complexity index is 313. The molecule has 0 heterocycles. The predicted molar refractivity (Wildman–Crippen MR) is 72.3 cm³/mol. The van der Waals surface area contributed by atoms with Crippen molar-refractivity contribution in [1.29, 1.82) is 0 Å². The van der Waals surface area contributed by atoms with Crippen molar-refractivity contribution in [2.45, 2.75) is 13.8 Å². The lowest BCUT2D eigenvalue weighted by Crippen LogP contribution is -2.28. The largest absolute Gasteiger partial charge is 0.383 e. The first kappa shape index (κ1) is 13.3. The quantitative estimate of drug-likeness (QED) is 0.821. The van der Waals surface area contributed by atoms with Crippen molar-refractivity contribution in [1.82, 2.24) is 4.90 Å². The number of benzene rings is 1. The van der Waals surface area contributed by atoms with E-state index in [1.54, 1.807) is 0 Å². The lowest BCUT2D eigenvalue weighted by atomic mass is 10.2. The van der Waals surface area contributed by atoms with E-state index in [4.69, 9.17) is 11.6 Å². The van der Waals surface area contributed by atoms with E-state index in [2.05, 4.69) is 31.1 Å². The highest BCUT2D eigenvalue weighted by atomic mass is 35.5. The summed E-state index contributed by atoms with van der Waals surface area (Å²) in [6.07, 6.45) is 0. The summed E-state index contributed by atoms with van der Waals surface area (Å²) >= 11 is 6.05. The summed E-state index contributed by atoms with van der Waals surface area (Å²) in [5.74, 6) is 0.713. The minimum Gasteiger partial charge on any atom is -0.383 e. The topological polar surface area (TPSA) is 15.3 Å². The van der Waals surface area contributed by atoms with Crippen LogP contribution in [0.3, 0.4) is 0 Å². The first-order valence-corrected chi connectivity index (χ1v) is 6.14. The summed E-state index contributed by atoms with van der Waals surface area (Å²) < 4.78 is 0. The molecule has 0 unspecified atom stereocenters. The Balaban J connectivity index is 2.28. The standard InChI is InChI=1S/C13H21ClN2/c1-11(2)10-16(3)9-8-15-13-7-5-4-6-12(13)14/h4-7,11,15H,8-10H2,1-3H3. The number of nitrogens with zero attached hydrogens (tertiary/aromatic N) is 1. The monoisotopic (exact) mass is 240 g/mol. The zero-order valence-corrected chi connectivity index (χ0v) is 11.1. The van der Waals surface area contributed by atoms with Crippen LogP contribution in [-0.2, 0) is 0 Å². The highest BCUT2D eigenvalue weighted by Crippen LogP contribution is 2.19. The molecule has 16 heavy (non-hydrogen) atoms. The summed E-state index contributed by atoms with van der Waals surface area (Å²) in [6.45, 7) is 7.55. The zero-order chi connectivity index (χ0) is 12.0. The van der Waals surface area contributed by atoms with Crippen molar-refractivity contribution < 1.29 is 0 Å². The third kappa shape index (κ3) is 4.86. The Morgan fingerprint density at radius 3 is 2.62 bits per heavy atom. The minimum atomic E-state index is 0.713. The average Bonchev–Trinajstić information content (AvgIpc) is 2.19. The van der Waals surface area contributed by atoms with Gasteiger partial charge < -0.3 is 10.2 Å². The molecule has 0 amide bonds. The number of hydrogen-bond acceptors (Lipinski definition) is 2. The predicted octanol–water partition coefficient (Wildman–Crippen LogP) is 3.34.